The first-order chi connectivity index (χ1) is 10.7. The van der Waals surface area contributed by atoms with Gasteiger partial charge >= 0.3 is 0 Å². The molecule has 1 aliphatic heterocycles. The van der Waals surface area contributed by atoms with E-state index in [-0.39, 0.29) is 37.1 Å². The van der Waals surface area contributed by atoms with Gasteiger partial charge in [-0.25, -0.2) is 4.98 Å². The quantitative estimate of drug-likeness (QED) is 0.865. The fourth-order valence-electron chi connectivity index (χ4n) is 2.50. The number of nitrogen functional groups attached to an aromatic ring is 1. The van der Waals surface area contributed by atoms with Crippen molar-refractivity contribution in [1.82, 2.24) is 9.97 Å². The second kappa shape index (κ2) is 9.30. The second-order valence-electron chi connectivity index (χ2n) is 5.41. The van der Waals surface area contributed by atoms with Crippen LogP contribution in [0.1, 0.15) is 18.5 Å². The molecule has 3 N–H and O–H groups in total. The Morgan fingerprint density at radius 1 is 1.08 bits per heavy atom. The number of rotatable bonds is 4. The maximum absolute atomic E-state index is 12.0. The minimum Gasteiger partial charge on any atom is -0.397 e. The van der Waals surface area contributed by atoms with Gasteiger partial charge in [-0.15, -0.1) is 24.8 Å². The van der Waals surface area contributed by atoms with E-state index in [0.717, 1.165) is 18.9 Å². The van der Waals surface area contributed by atoms with Gasteiger partial charge < -0.3 is 16.0 Å². The van der Waals surface area contributed by atoms with Gasteiger partial charge in [0.05, 0.1) is 30.2 Å². The first kappa shape index (κ1) is 20.0. The van der Waals surface area contributed by atoms with Gasteiger partial charge in [-0.2, -0.15) is 0 Å². The van der Waals surface area contributed by atoms with E-state index in [4.69, 9.17) is 5.73 Å². The van der Waals surface area contributed by atoms with Crippen LogP contribution in [0, 0.1) is 0 Å². The van der Waals surface area contributed by atoms with Gasteiger partial charge in [0.25, 0.3) is 0 Å². The largest absolute Gasteiger partial charge is 0.397 e. The van der Waals surface area contributed by atoms with Crippen LogP contribution in [-0.2, 0) is 11.2 Å². The first-order valence-electron chi connectivity index (χ1n) is 7.42. The molecule has 1 aliphatic rings. The van der Waals surface area contributed by atoms with Gasteiger partial charge in [0, 0.05) is 18.8 Å². The maximum atomic E-state index is 12.0. The molecule has 0 radical (unpaired) electrons. The molecule has 1 fully saturated rings. The maximum Gasteiger partial charge on any atom is 0.230 e. The molecule has 130 valence electrons. The van der Waals surface area contributed by atoms with Crippen LogP contribution in [0.15, 0.2) is 36.7 Å². The van der Waals surface area contributed by atoms with Crippen LogP contribution in [0.25, 0.3) is 0 Å². The standard InChI is InChI=1S/C16H19N5O.2ClH/c17-12-3-4-13(18-10-12)9-16(22)20-14-5-6-15(19-11-14)21-7-1-2-8-21;;/h3-6,10-11H,1-2,7-9,17H2,(H,20,22);2*1H. The zero-order chi connectivity index (χ0) is 15.4. The summed E-state index contributed by atoms with van der Waals surface area (Å²) >= 11 is 0. The number of halogens is 2. The molecule has 0 spiro atoms. The van der Waals surface area contributed by atoms with Crippen LogP contribution in [0.2, 0.25) is 0 Å². The summed E-state index contributed by atoms with van der Waals surface area (Å²) in [4.78, 5) is 22.8. The van der Waals surface area contributed by atoms with Crippen LogP contribution in [0.3, 0.4) is 0 Å². The molecule has 0 saturated carbocycles. The lowest BCUT2D eigenvalue weighted by Crippen LogP contribution is -2.19. The van der Waals surface area contributed by atoms with Crippen molar-refractivity contribution in [2.75, 3.05) is 29.0 Å². The van der Waals surface area contributed by atoms with E-state index in [1.54, 1.807) is 24.5 Å². The minimum absolute atomic E-state index is 0. The average molecular weight is 370 g/mol. The van der Waals surface area contributed by atoms with Gasteiger partial charge in [0.2, 0.25) is 5.91 Å². The fourth-order valence-corrected chi connectivity index (χ4v) is 2.50. The van der Waals surface area contributed by atoms with Crippen molar-refractivity contribution in [3.05, 3.63) is 42.4 Å². The molecule has 0 atom stereocenters. The van der Waals surface area contributed by atoms with E-state index < -0.39 is 0 Å². The van der Waals surface area contributed by atoms with E-state index in [2.05, 4.69) is 20.2 Å². The van der Waals surface area contributed by atoms with Crippen molar-refractivity contribution in [3.8, 4) is 0 Å². The number of anilines is 3. The van der Waals surface area contributed by atoms with Gasteiger partial charge in [0.1, 0.15) is 5.82 Å². The molecule has 2 aromatic heterocycles. The molecular weight excluding hydrogens is 349 g/mol. The molecule has 6 nitrogen and oxygen atoms in total. The number of carbonyl (C=O) groups excluding carboxylic acids is 1. The summed E-state index contributed by atoms with van der Waals surface area (Å²) in [5.41, 5.74) is 7.55. The molecule has 3 rings (SSSR count). The Morgan fingerprint density at radius 3 is 2.42 bits per heavy atom. The number of amides is 1. The highest BCUT2D eigenvalue weighted by Crippen LogP contribution is 2.19. The highest BCUT2D eigenvalue weighted by atomic mass is 35.5. The molecule has 0 unspecified atom stereocenters. The summed E-state index contributed by atoms with van der Waals surface area (Å²) in [7, 11) is 0. The molecule has 0 aromatic carbocycles. The number of aromatic nitrogens is 2. The fraction of sp³-hybridized carbons (Fsp3) is 0.312. The monoisotopic (exact) mass is 369 g/mol. The third-order valence-electron chi connectivity index (χ3n) is 3.65. The third-order valence-corrected chi connectivity index (χ3v) is 3.65. The molecule has 24 heavy (non-hydrogen) atoms. The summed E-state index contributed by atoms with van der Waals surface area (Å²) in [5.74, 6) is 0.851. The number of nitrogens with two attached hydrogens (primary N) is 1. The summed E-state index contributed by atoms with van der Waals surface area (Å²) < 4.78 is 0. The van der Waals surface area contributed by atoms with E-state index in [9.17, 15) is 4.79 Å². The van der Waals surface area contributed by atoms with E-state index >= 15 is 0 Å². The van der Waals surface area contributed by atoms with Crippen LogP contribution < -0.4 is 16.0 Å². The van der Waals surface area contributed by atoms with E-state index in [1.807, 2.05) is 12.1 Å². The van der Waals surface area contributed by atoms with Crippen molar-refractivity contribution in [3.63, 3.8) is 0 Å². The van der Waals surface area contributed by atoms with Gasteiger partial charge in [-0.05, 0) is 37.1 Å². The van der Waals surface area contributed by atoms with Crippen molar-refractivity contribution >= 4 is 47.9 Å². The highest BCUT2D eigenvalue weighted by molar-refractivity contribution is 5.92. The zero-order valence-electron chi connectivity index (χ0n) is 13.1. The number of pyridine rings is 2. The Balaban J connectivity index is 0.00000144. The lowest BCUT2D eigenvalue weighted by atomic mass is 10.2. The predicted octanol–water partition coefficient (Wildman–Crippen LogP) is 2.68. The lowest BCUT2D eigenvalue weighted by Gasteiger charge is -2.16. The number of hydrogen-bond acceptors (Lipinski definition) is 5. The van der Waals surface area contributed by atoms with Crippen molar-refractivity contribution < 1.29 is 4.79 Å². The average Bonchev–Trinajstić information content (AvgIpc) is 3.05. The van der Waals surface area contributed by atoms with Gasteiger partial charge in [-0.3, -0.25) is 9.78 Å². The van der Waals surface area contributed by atoms with E-state index in [0.29, 0.717) is 17.1 Å². The molecule has 8 heteroatoms. The first-order valence-corrected chi connectivity index (χ1v) is 7.42. The molecule has 1 amide bonds. The summed E-state index contributed by atoms with van der Waals surface area (Å²) in [5, 5.41) is 2.83. The number of hydrogen-bond donors (Lipinski definition) is 2. The lowest BCUT2D eigenvalue weighted by molar-refractivity contribution is -0.115. The zero-order valence-corrected chi connectivity index (χ0v) is 14.8. The highest BCUT2D eigenvalue weighted by Gasteiger charge is 2.13. The van der Waals surface area contributed by atoms with E-state index in [1.165, 1.54) is 12.8 Å². The molecule has 1 saturated heterocycles. The van der Waals surface area contributed by atoms with Crippen molar-refractivity contribution in [1.29, 1.82) is 0 Å². The van der Waals surface area contributed by atoms with Gasteiger partial charge in [-0.1, -0.05) is 0 Å². The van der Waals surface area contributed by atoms with Gasteiger partial charge in [0.15, 0.2) is 0 Å². The van der Waals surface area contributed by atoms with Crippen LogP contribution in [-0.4, -0.2) is 29.0 Å². The van der Waals surface area contributed by atoms with Crippen molar-refractivity contribution in [2.24, 2.45) is 0 Å². The Morgan fingerprint density at radius 2 is 1.83 bits per heavy atom. The predicted molar refractivity (Wildman–Crippen MR) is 101 cm³/mol. The molecular formula is C16H21Cl2N5O. The third kappa shape index (κ3) is 5.25. The summed E-state index contributed by atoms with van der Waals surface area (Å²) in [6, 6.07) is 7.32. The van der Waals surface area contributed by atoms with Crippen LogP contribution in [0.5, 0.6) is 0 Å². The number of nitrogens with one attached hydrogen (secondary N) is 1. The summed E-state index contributed by atoms with van der Waals surface area (Å²) in [6.07, 6.45) is 5.90. The Kier molecular flexibility index (Phi) is 7.74. The molecule has 0 bridgehead atoms. The smallest absolute Gasteiger partial charge is 0.230 e. The Labute approximate surface area is 153 Å². The number of carbonyl (C=O) groups is 1. The molecule has 3 heterocycles. The normalized spacial score (nSPS) is 12.9. The van der Waals surface area contributed by atoms with Crippen LogP contribution in [0.4, 0.5) is 17.2 Å². The van der Waals surface area contributed by atoms with Crippen molar-refractivity contribution in [2.45, 2.75) is 19.3 Å². The second-order valence-corrected chi connectivity index (χ2v) is 5.41. The minimum atomic E-state index is -0.118. The topological polar surface area (TPSA) is 84.1 Å². The molecule has 0 aliphatic carbocycles. The Bertz CT molecular complexity index is 643. The Hall–Kier alpha value is -2.05. The van der Waals surface area contributed by atoms with Crippen LogP contribution >= 0.6 is 24.8 Å². The molecule has 2 aromatic rings. The SMILES string of the molecule is Cl.Cl.Nc1ccc(CC(=O)Nc2ccc(N3CCCC3)nc2)nc1. The number of nitrogens with zero attached hydrogens (tertiary/aromatic N) is 3. The summed E-state index contributed by atoms with van der Waals surface area (Å²) in [6.45, 7) is 2.11.